The number of hydrogen-bond acceptors (Lipinski definition) is 3. The second-order valence-electron chi connectivity index (χ2n) is 10.8. The highest BCUT2D eigenvalue weighted by molar-refractivity contribution is 8.16. The van der Waals surface area contributed by atoms with E-state index in [-0.39, 0.29) is 5.24 Å². The number of rotatable bonds is 3. The van der Waals surface area contributed by atoms with Gasteiger partial charge in [-0.2, -0.15) is 0 Å². The minimum atomic E-state index is 0.280. The van der Waals surface area contributed by atoms with Gasteiger partial charge < -0.3 is 0 Å². The zero-order valence-corrected chi connectivity index (χ0v) is 16.8. The molecule has 1 N–H and O–H groups in total. The van der Waals surface area contributed by atoms with Crippen LogP contribution in [0.2, 0.25) is 0 Å². The summed E-state index contributed by atoms with van der Waals surface area (Å²) in [5.41, 5.74) is 0. The second-order valence-corrected chi connectivity index (χ2v) is 13.5. The number of nitrogens with one attached hydrogen (secondary N) is 1. The lowest BCUT2D eigenvalue weighted by molar-refractivity contribution is 0.0379. The molecule has 25 heavy (non-hydrogen) atoms. The summed E-state index contributed by atoms with van der Waals surface area (Å²) in [6, 6.07) is 0. The van der Waals surface area contributed by atoms with E-state index >= 15 is 0 Å². The molecule has 8 rings (SSSR count). The van der Waals surface area contributed by atoms with Gasteiger partial charge in [0.1, 0.15) is 0 Å². The molecule has 2 nitrogen and oxygen atoms in total. The molecule has 0 aliphatic heterocycles. The van der Waals surface area contributed by atoms with E-state index in [1.54, 1.807) is 11.8 Å². The van der Waals surface area contributed by atoms with Crippen molar-refractivity contribution >= 4 is 28.9 Å². The standard InChI is InChI=1S/C21H31NOS2/c23-19(24-20-7-13-1-14(8-20)3-15(2-13)9-20)22-25-21-10-16-4-17(11-21)6-18(5-16)12-21/h13-18H,1-12H2,(H,22,23). The van der Waals surface area contributed by atoms with Crippen molar-refractivity contribution in [2.24, 2.45) is 35.5 Å². The number of thioether (sulfide) groups is 1. The maximum Gasteiger partial charge on any atom is 0.289 e. The molecule has 0 spiro atoms. The SMILES string of the molecule is O=C(NSC12CC3CC(CC(C3)C1)C2)SC12CC3CC(CC(C3)C1)C2. The Bertz CT molecular complexity index is 518. The van der Waals surface area contributed by atoms with Crippen LogP contribution in [-0.4, -0.2) is 14.7 Å². The molecule has 0 heterocycles. The van der Waals surface area contributed by atoms with E-state index in [1.165, 1.54) is 77.0 Å². The van der Waals surface area contributed by atoms with Gasteiger partial charge in [0.2, 0.25) is 0 Å². The fourth-order valence-electron chi connectivity index (χ4n) is 8.68. The van der Waals surface area contributed by atoms with Gasteiger partial charge in [0.15, 0.2) is 0 Å². The van der Waals surface area contributed by atoms with E-state index in [9.17, 15) is 4.79 Å². The third-order valence-corrected chi connectivity index (χ3v) is 11.2. The molecule has 8 saturated carbocycles. The Morgan fingerprint density at radius 1 is 0.640 bits per heavy atom. The van der Waals surface area contributed by atoms with Crippen molar-refractivity contribution in [1.82, 2.24) is 4.72 Å². The topological polar surface area (TPSA) is 29.1 Å². The van der Waals surface area contributed by atoms with Crippen molar-refractivity contribution in [2.45, 2.75) is 86.5 Å². The molecule has 0 aromatic heterocycles. The highest BCUT2D eigenvalue weighted by Gasteiger charge is 2.54. The van der Waals surface area contributed by atoms with Gasteiger partial charge in [0.05, 0.1) is 0 Å². The van der Waals surface area contributed by atoms with Crippen LogP contribution in [0.4, 0.5) is 4.79 Å². The smallest absolute Gasteiger partial charge is 0.289 e. The normalized spacial score (nSPS) is 54.9. The molecular weight excluding hydrogens is 346 g/mol. The van der Waals surface area contributed by atoms with Crippen molar-refractivity contribution in [1.29, 1.82) is 0 Å². The third-order valence-electron chi connectivity index (χ3n) is 8.62. The van der Waals surface area contributed by atoms with Crippen LogP contribution in [0.25, 0.3) is 0 Å². The Morgan fingerprint density at radius 3 is 1.40 bits per heavy atom. The van der Waals surface area contributed by atoms with E-state index in [1.807, 2.05) is 11.9 Å². The highest BCUT2D eigenvalue weighted by atomic mass is 32.2. The average molecular weight is 378 g/mol. The van der Waals surface area contributed by atoms with E-state index in [0.29, 0.717) is 9.49 Å². The van der Waals surface area contributed by atoms with Crippen molar-refractivity contribution < 1.29 is 4.79 Å². The molecule has 0 atom stereocenters. The number of amides is 1. The highest BCUT2D eigenvalue weighted by Crippen LogP contribution is 2.62. The van der Waals surface area contributed by atoms with Gasteiger partial charge in [-0.15, -0.1) is 0 Å². The number of carbonyl (C=O) groups is 1. The molecule has 8 bridgehead atoms. The van der Waals surface area contributed by atoms with Crippen LogP contribution < -0.4 is 4.72 Å². The zero-order chi connectivity index (χ0) is 16.6. The Balaban J connectivity index is 1.10. The van der Waals surface area contributed by atoms with Gasteiger partial charge in [-0.3, -0.25) is 9.52 Å². The van der Waals surface area contributed by atoms with Crippen molar-refractivity contribution in [3.63, 3.8) is 0 Å². The Labute approximate surface area is 160 Å². The van der Waals surface area contributed by atoms with Gasteiger partial charge in [0, 0.05) is 9.49 Å². The third kappa shape index (κ3) is 2.80. The first-order valence-corrected chi connectivity index (χ1v) is 12.4. The summed E-state index contributed by atoms with van der Waals surface area (Å²) < 4.78 is 4.06. The molecule has 0 aromatic rings. The number of hydrogen-bond donors (Lipinski definition) is 1. The maximum absolute atomic E-state index is 12.9. The van der Waals surface area contributed by atoms with Crippen LogP contribution in [0.3, 0.4) is 0 Å². The van der Waals surface area contributed by atoms with Crippen molar-refractivity contribution in [2.75, 3.05) is 0 Å². The molecular formula is C21H31NOS2. The maximum atomic E-state index is 12.9. The van der Waals surface area contributed by atoms with Crippen molar-refractivity contribution in [3.05, 3.63) is 0 Å². The van der Waals surface area contributed by atoms with Gasteiger partial charge in [-0.1, -0.05) is 11.8 Å². The van der Waals surface area contributed by atoms with Crippen LogP contribution in [0, 0.1) is 35.5 Å². The van der Waals surface area contributed by atoms with E-state index in [4.69, 9.17) is 0 Å². The molecule has 138 valence electrons. The fraction of sp³-hybridized carbons (Fsp3) is 0.952. The Kier molecular flexibility index (Phi) is 3.61. The molecule has 0 unspecified atom stereocenters. The summed E-state index contributed by atoms with van der Waals surface area (Å²) in [4.78, 5) is 12.9. The van der Waals surface area contributed by atoms with Gasteiger partial charge in [0.25, 0.3) is 5.24 Å². The molecule has 4 heteroatoms. The van der Waals surface area contributed by atoms with Crippen LogP contribution in [-0.2, 0) is 0 Å². The molecule has 0 radical (unpaired) electrons. The Morgan fingerprint density at radius 2 is 1.00 bits per heavy atom. The summed E-state index contributed by atoms with van der Waals surface area (Å²) in [6.07, 6.45) is 16.9. The van der Waals surface area contributed by atoms with Crippen LogP contribution in [0.15, 0.2) is 0 Å². The molecule has 1 amide bonds. The predicted molar refractivity (Wildman–Crippen MR) is 106 cm³/mol. The lowest BCUT2D eigenvalue weighted by atomic mass is 9.56. The molecule has 8 aliphatic rings. The first-order chi connectivity index (χ1) is 12.1. The second kappa shape index (κ2) is 5.59. The lowest BCUT2D eigenvalue weighted by Crippen LogP contribution is -2.51. The summed E-state index contributed by atoms with van der Waals surface area (Å²) in [5, 5.41) is 0.280. The zero-order valence-electron chi connectivity index (χ0n) is 15.2. The van der Waals surface area contributed by atoms with Gasteiger partial charge >= 0.3 is 0 Å². The monoisotopic (exact) mass is 377 g/mol. The summed E-state index contributed by atoms with van der Waals surface area (Å²) in [7, 11) is 0. The Hall–Kier alpha value is 0.170. The minimum absolute atomic E-state index is 0.280. The molecule has 8 fully saturated rings. The van der Waals surface area contributed by atoms with E-state index in [0.717, 1.165) is 35.5 Å². The molecule has 0 aromatic carbocycles. The summed E-state index contributed by atoms with van der Waals surface area (Å²) >= 11 is 3.57. The van der Waals surface area contributed by atoms with Gasteiger partial charge in [-0.05, 0) is 125 Å². The molecule has 8 aliphatic carbocycles. The quantitative estimate of drug-likeness (QED) is 0.610. The average Bonchev–Trinajstić information content (AvgIpc) is 2.50. The van der Waals surface area contributed by atoms with Crippen LogP contribution in [0.5, 0.6) is 0 Å². The van der Waals surface area contributed by atoms with Crippen LogP contribution in [0.1, 0.15) is 77.0 Å². The molecule has 0 saturated heterocycles. The van der Waals surface area contributed by atoms with E-state index in [2.05, 4.69) is 4.72 Å². The summed E-state index contributed by atoms with van der Waals surface area (Å²) in [6.45, 7) is 0. The van der Waals surface area contributed by atoms with Crippen molar-refractivity contribution in [3.8, 4) is 0 Å². The summed E-state index contributed by atoms with van der Waals surface area (Å²) in [5.74, 6) is 5.69. The minimum Gasteiger partial charge on any atom is -0.290 e. The van der Waals surface area contributed by atoms with Gasteiger partial charge in [-0.25, -0.2) is 0 Å². The first-order valence-electron chi connectivity index (χ1n) is 10.7. The predicted octanol–water partition coefficient (Wildman–Crippen LogP) is 6.02. The number of carbonyl (C=O) groups excluding carboxylic acids is 1. The fourth-order valence-corrected chi connectivity index (χ4v) is 11.6. The lowest BCUT2D eigenvalue weighted by Gasteiger charge is -2.56. The van der Waals surface area contributed by atoms with Crippen LogP contribution >= 0.6 is 23.7 Å². The largest absolute Gasteiger partial charge is 0.290 e. The first kappa shape index (κ1) is 16.2. The van der Waals surface area contributed by atoms with E-state index < -0.39 is 0 Å².